The first-order chi connectivity index (χ1) is 12.6. The Morgan fingerprint density at radius 2 is 2.00 bits per heavy atom. The molecule has 1 aliphatic heterocycles. The minimum absolute atomic E-state index is 0.175. The highest BCUT2D eigenvalue weighted by Crippen LogP contribution is 2.50. The fourth-order valence-electron chi connectivity index (χ4n) is 4.59. The van der Waals surface area contributed by atoms with Crippen LogP contribution in [0.15, 0.2) is 48.8 Å². The molecule has 1 fully saturated rings. The third-order valence-electron chi connectivity index (χ3n) is 6.12. The van der Waals surface area contributed by atoms with Crippen molar-refractivity contribution in [2.24, 2.45) is 5.73 Å². The van der Waals surface area contributed by atoms with Crippen LogP contribution in [-0.4, -0.2) is 40.1 Å². The molecule has 2 heterocycles. The van der Waals surface area contributed by atoms with Gasteiger partial charge in [0, 0.05) is 37.3 Å². The van der Waals surface area contributed by atoms with Crippen molar-refractivity contribution in [3.05, 3.63) is 65.5 Å². The Hall–Kier alpha value is -2.24. The molecule has 2 atom stereocenters. The van der Waals surface area contributed by atoms with Crippen LogP contribution in [0.25, 0.3) is 0 Å². The van der Waals surface area contributed by atoms with Gasteiger partial charge in [-0.25, -0.2) is 0 Å². The lowest BCUT2D eigenvalue weighted by molar-refractivity contribution is -0.133. The first-order valence-electron chi connectivity index (χ1n) is 9.31. The zero-order valence-electron chi connectivity index (χ0n) is 14.8. The largest absolute Gasteiger partial charge is 0.390 e. The second-order valence-corrected chi connectivity index (χ2v) is 7.46. The topological polar surface area (TPSA) is 79.5 Å². The molecular formula is C21H25N3O2. The van der Waals surface area contributed by atoms with Crippen molar-refractivity contribution >= 4 is 5.91 Å². The number of aromatic nitrogens is 1. The van der Waals surface area contributed by atoms with Gasteiger partial charge in [0.2, 0.25) is 5.91 Å². The van der Waals surface area contributed by atoms with E-state index in [0.717, 1.165) is 24.0 Å². The maximum atomic E-state index is 12.6. The van der Waals surface area contributed by atoms with Crippen molar-refractivity contribution in [2.45, 2.75) is 43.2 Å². The van der Waals surface area contributed by atoms with E-state index >= 15 is 0 Å². The SMILES string of the molecule is N[C@@H]1c2ccccc2C2(CCN(C(=O)CCc3cccnc3)CC2)[C@H]1O. The fourth-order valence-corrected chi connectivity index (χ4v) is 4.59. The number of aryl methyl sites for hydroxylation is 1. The predicted molar refractivity (Wildman–Crippen MR) is 99.4 cm³/mol. The summed E-state index contributed by atoms with van der Waals surface area (Å²) < 4.78 is 0. The molecule has 1 saturated heterocycles. The number of amides is 1. The van der Waals surface area contributed by atoms with Crippen molar-refractivity contribution in [1.29, 1.82) is 0 Å². The molecule has 1 aromatic heterocycles. The zero-order valence-corrected chi connectivity index (χ0v) is 14.8. The normalized spacial score (nSPS) is 23.8. The quantitative estimate of drug-likeness (QED) is 0.886. The molecule has 0 radical (unpaired) electrons. The Morgan fingerprint density at radius 1 is 1.23 bits per heavy atom. The van der Waals surface area contributed by atoms with E-state index in [-0.39, 0.29) is 17.4 Å². The van der Waals surface area contributed by atoms with E-state index in [1.165, 1.54) is 5.56 Å². The average molecular weight is 351 g/mol. The summed E-state index contributed by atoms with van der Waals surface area (Å²) in [6.45, 7) is 1.34. The van der Waals surface area contributed by atoms with E-state index in [4.69, 9.17) is 5.73 Å². The highest BCUT2D eigenvalue weighted by Gasteiger charge is 2.51. The molecule has 1 amide bonds. The molecule has 2 aliphatic rings. The van der Waals surface area contributed by atoms with E-state index in [9.17, 15) is 9.90 Å². The Balaban J connectivity index is 1.42. The molecule has 5 nitrogen and oxygen atoms in total. The summed E-state index contributed by atoms with van der Waals surface area (Å²) in [6, 6.07) is 11.7. The monoisotopic (exact) mass is 351 g/mol. The molecule has 3 N–H and O–H groups in total. The lowest BCUT2D eigenvalue weighted by Crippen LogP contribution is -2.50. The van der Waals surface area contributed by atoms with Gasteiger partial charge in [-0.3, -0.25) is 9.78 Å². The fraction of sp³-hybridized carbons (Fsp3) is 0.429. The van der Waals surface area contributed by atoms with Crippen molar-refractivity contribution in [2.75, 3.05) is 13.1 Å². The van der Waals surface area contributed by atoms with Gasteiger partial charge in [-0.05, 0) is 42.0 Å². The van der Waals surface area contributed by atoms with Crippen LogP contribution in [-0.2, 0) is 16.6 Å². The summed E-state index contributed by atoms with van der Waals surface area (Å²) in [4.78, 5) is 18.6. The summed E-state index contributed by atoms with van der Waals surface area (Å²) in [6.07, 6.45) is 5.71. The second kappa shape index (κ2) is 6.82. The number of hydrogen-bond acceptors (Lipinski definition) is 4. The predicted octanol–water partition coefficient (Wildman–Crippen LogP) is 1.95. The second-order valence-electron chi connectivity index (χ2n) is 7.46. The minimum Gasteiger partial charge on any atom is -0.390 e. The molecule has 136 valence electrons. The summed E-state index contributed by atoms with van der Waals surface area (Å²) in [5.74, 6) is 0.175. The smallest absolute Gasteiger partial charge is 0.222 e. The van der Waals surface area contributed by atoms with Crippen LogP contribution in [0.1, 0.15) is 42.0 Å². The molecule has 1 spiro atoms. The van der Waals surface area contributed by atoms with Gasteiger partial charge in [-0.2, -0.15) is 0 Å². The lowest BCUT2D eigenvalue weighted by Gasteiger charge is -2.42. The minimum atomic E-state index is -0.576. The Bertz CT molecular complexity index is 785. The number of likely N-dealkylation sites (tertiary alicyclic amines) is 1. The third kappa shape index (κ3) is 2.81. The van der Waals surface area contributed by atoms with Gasteiger partial charge in [-0.15, -0.1) is 0 Å². The number of nitrogens with zero attached hydrogens (tertiary/aromatic N) is 2. The number of piperidine rings is 1. The van der Waals surface area contributed by atoms with Crippen LogP contribution in [0.5, 0.6) is 0 Å². The van der Waals surface area contributed by atoms with Crippen LogP contribution < -0.4 is 5.73 Å². The van der Waals surface area contributed by atoms with E-state index < -0.39 is 6.10 Å². The summed E-state index contributed by atoms with van der Waals surface area (Å²) >= 11 is 0. The first-order valence-corrected chi connectivity index (χ1v) is 9.31. The van der Waals surface area contributed by atoms with Gasteiger partial charge in [-0.1, -0.05) is 30.3 Å². The van der Waals surface area contributed by atoms with Crippen LogP contribution in [0.2, 0.25) is 0 Å². The van der Waals surface area contributed by atoms with Crippen molar-refractivity contribution in [3.63, 3.8) is 0 Å². The molecule has 1 aromatic carbocycles. The molecule has 1 aliphatic carbocycles. The van der Waals surface area contributed by atoms with Crippen molar-refractivity contribution < 1.29 is 9.90 Å². The van der Waals surface area contributed by atoms with Crippen LogP contribution in [0.4, 0.5) is 0 Å². The summed E-state index contributed by atoms with van der Waals surface area (Å²) in [7, 11) is 0. The number of carbonyl (C=O) groups is 1. The van der Waals surface area contributed by atoms with Gasteiger partial charge < -0.3 is 15.7 Å². The Labute approximate surface area is 153 Å². The van der Waals surface area contributed by atoms with Crippen molar-refractivity contribution in [3.8, 4) is 0 Å². The van der Waals surface area contributed by atoms with Crippen LogP contribution in [0.3, 0.4) is 0 Å². The number of nitrogens with two attached hydrogens (primary N) is 1. The molecule has 5 heteroatoms. The molecule has 26 heavy (non-hydrogen) atoms. The lowest BCUT2D eigenvalue weighted by atomic mass is 9.72. The molecule has 0 unspecified atom stereocenters. The molecule has 0 bridgehead atoms. The number of fused-ring (bicyclic) bond motifs is 2. The van der Waals surface area contributed by atoms with Gasteiger partial charge in [0.15, 0.2) is 0 Å². The van der Waals surface area contributed by atoms with Gasteiger partial charge >= 0.3 is 0 Å². The number of aliphatic hydroxyl groups excluding tert-OH is 1. The van der Waals surface area contributed by atoms with Gasteiger partial charge in [0.25, 0.3) is 0 Å². The molecule has 2 aromatic rings. The maximum Gasteiger partial charge on any atom is 0.222 e. The number of pyridine rings is 1. The first kappa shape index (κ1) is 17.2. The van der Waals surface area contributed by atoms with E-state index in [1.54, 1.807) is 6.20 Å². The van der Waals surface area contributed by atoms with Crippen LogP contribution >= 0.6 is 0 Å². The Morgan fingerprint density at radius 3 is 2.73 bits per heavy atom. The van der Waals surface area contributed by atoms with E-state index in [2.05, 4.69) is 11.1 Å². The average Bonchev–Trinajstić information content (AvgIpc) is 2.90. The Kier molecular flexibility index (Phi) is 4.51. The van der Waals surface area contributed by atoms with Crippen LogP contribution in [0, 0.1) is 0 Å². The number of aliphatic hydroxyl groups is 1. The van der Waals surface area contributed by atoms with E-state index in [0.29, 0.717) is 25.9 Å². The number of carbonyl (C=O) groups excluding carboxylic acids is 1. The maximum absolute atomic E-state index is 12.6. The van der Waals surface area contributed by atoms with Crippen molar-refractivity contribution in [1.82, 2.24) is 9.88 Å². The number of rotatable bonds is 3. The molecule has 4 rings (SSSR count). The summed E-state index contributed by atoms with van der Waals surface area (Å²) in [5, 5.41) is 10.8. The highest BCUT2D eigenvalue weighted by molar-refractivity contribution is 5.76. The molecular weight excluding hydrogens is 326 g/mol. The summed E-state index contributed by atoms with van der Waals surface area (Å²) in [5.41, 5.74) is 9.26. The molecule has 0 saturated carbocycles. The number of hydrogen-bond donors (Lipinski definition) is 2. The number of benzene rings is 1. The standard InChI is InChI=1S/C21H25N3O2/c22-19-16-5-1-2-6-17(16)21(20(19)26)9-12-24(13-10-21)18(25)8-7-15-4-3-11-23-14-15/h1-6,11,14,19-20,26H,7-10,12-13,22H2/t19-,20+/m1/s1. The third-order valence-corrected chi connectivity index (χ3v) is 6.12. The van der Waals surface area contributed by atoms with E-state index in [1.807, 2.05) is 41.4 Å². The van der Waals surface area contributed by atoms with Gasteiger partial charge in [0.1, 0.15) is 0 Å². The highest BCUT2D eigenvalue weighted by atomic mass is 16.3. The zero-order chi connectivity index (χ0) is 18.1. The van der Waals surface area contributed by atoms with Gasteiger partial charge in [0.05, 0.1) is 12.1 Å².